The van der Waals surface area contributed by atoms with Gasteiger partial charge in [-0.1, -0.05) is 43.3 Å². The van der Waals surface area contributed by atoms with Crippen LogP contribution in [-0.2, 0) is 25.8 Å². The molecule has 41 heavy (non-hydrogen) atoms. The van der Waals surface area contributed by atoms with Gasteiger partial charge in [-0.25, -0.2) is 4.68 Å². The number of fused-ring (bicyclic) bond motifs is 2. The number of carbonyl (C=O) groups excluding carboxylic acids is 3. The molecule has 2 bridgehead atoms. The Morgan fingerprint density at radius 3 is 2.71 bits per heavy atom. The van der Waals surface area contributed by atoms with E-state index in [2.05, 4.69) is 23.5 Å². The molecule has 220 valence electrons. The Hall–Kier alpha value is -3.18. The molecule has 1 aromatic carbocycles. The van der Waals surface area contributed by atoms with Crippen molar-refractivity contribution >= 4 is 40.6 Å². The molecule has 0 saturated carbocycles. The van der Waals surface area contributed by atoms with Crippen molar-refractivity contribution in [3.63, 3.8) is 0 Å². The standard InChI is InChI=1S/C30H39N5O5S/c1-6-8-16-40-28(39)24-23-26(37)35(22(17-36)19(3)4)25(30(23)14-13-29(24,5)41-30)27(38)33(15-7-2)18-34-21-12-10-9-11-20(21)31-32-34/h6-7,9-12,19,22-25,36H,1-2,8,13-18H2,3-5H3/t22-,23-,24+,25?,29-,30?/m0/s1. The highest BCUT2D eigenvalue weighted by atomic mass is 32.2. The van der Waals surface area contributed by atoms with Crippen molar-refractivity contribution in [2.45, 2.75) is 68.3 Å². The van der Waals surface area contributed by atoms with E-state index in [1.54, 1.807) is 38.4 Å². The second kappa shape index (κ2) is 11.2. The monoisotopic (exact) mass is 581 g/mol. The minimum absolute atomic E-state index is 0.114. The maximum Gasteiger partial charge on any atom is 0.311 e. The molecule has 5 rings (SSSR count). The fourth-order valence-electron chi connectivity index (χ4n) is 7.04. The van der Waals surface area contributed by atoms with Crippen LogP contribution in [0.1, 0.15) is 40.0 Å². The van der Waals surface area contributed by atoms with E-state index in [0.717, 1.165) is 5.52 Å². The van der Waals surface area contributed by atoms with Crippen molar-refractivity contribution in [3.8, 4) is 0 Å². The van der Waals surface area contributed by atoms with Crippen LogP contribution in [0.4, 0.5) is 0 Å². The van der Waals surface area contributed by atoms with Crippen LogP contribution in [0.3, 0.4) is 0 Å². The van der Waals surface area contributed by atoms with E-state index in [9.17, 15) is 19.5 Å². The molecule has 0 aliphatic carbocycles. The van der Waals surface area contributed by atoms with Crippen LogP contribution in [-0.4, -0.2) is 89.0 Å². The van der Waals surface area contributed by atoms with E-state index in [4.69, 9.17) is 4.74 Å². The first-order chi connectivity index (χ1) is 19.6. The van der Waals surface area contributed by atoms with Gasteiger partial charge < -0.3 is 19.6 Å². The van der Waals surface area contributed by atoms with Gasteiger partial charge in [0, 0.05) is 11.3 Å². The zero-order valence-corrected chi connectivity index (χ0v) is 24.8. The number of carbonyl (C=O) groups is 3. The molecule has 2 aromatic rings. The van der Waals surface area contributed by atoms with E-state index in [1.807, 2.05) is 45.0 Å². The summed E-state index contributed by atoms with van der Waals surface area (Å²) in [5.74, 6) is -2.44. The normalized spacial score (nSPS) is 29.1. The van der Waals surface area contributed by atoms with Gasteiger partial charge in [0.25, 0.3) is 0 Å². The Morgan fingerprint density at radius 2 is 2.02 bits per heavy atom. The number of aromatic nitrogens is 3. The summed E-state index contributed by atoms with van der Waals surface area (Å²) >= 11 is 1.58. The number of nitrogens with zero attached hydrogens (tertiary/aromatic N) is 5. The topological polar surface area (TPSA) is 118 Å². The summed E-state index contributed by atoms with van der Waals surface area (Å²) in [5.41, 5.74) is 1.50. The molecule has 1 aromatic heterocycles. The molecule has 11 heteroatoms. The van der Waals surface area contributed by atoms with Crippen molar-refractivity contribution < 1.29 is 24.2 Å². The fraction of sp³-hybridized carbons (Fsp3) is 0.567. The number of aliphatic hydroxyl groups is 1. The third-order valence-electron chi connectivity index (χ3n) is 8.97. The van der Waals surface area contributed by atoms with Gasteiger partial charge in [0.05, 0.1) is 41.4 Å². The highest BCUT2D eigenvalue weighted by molar-refractivity contribution is 8.02. The molecule has 3 aliphatic heterocycles. The van der Waals surface area contributed by atoms with Crippen molar-refractivity contribution in [2.24, 2.45) is 17.8 Å². The first-order valence-electron chi connectivity index (χ1n) is 14.2. The summed E-state index contributed by atoms with van der Waals surface area (Å²) in [6, 6.07) is 6.07. The minimum atomic E-state index is -0.868. The lowest BCUT2D eigenvalue weighted by molar-refractivity contribution is -0.156. The van der Waals surface area contributed by atoms with Crippen LogP contribution in [0.5, 0.6) is 0 Å². The van der Waals surface area contributed by atoms with E-state index >= 15 is 0 Å². The van der Waals surface area contributed by atoms with Crippen LogP contribution in [0.25, 0.3) is 11.0 Å². The van der Waals surface area contributed by atoms with Gasteiger partial charge in [-0.2, -0.15) is 0 Å². The molecule has 1 spiro atoms. The van der Waals surface area contributed by atoms with Crippen molar-refractivity contribution in [2.75, 3.05) is 19.8 Å². The zero-order chi connectivity index (χ0) is 29.5. The van der Waals surface area contributed by atoms with Crippen LogP contribution < -0.4 is 0 Å². The van der Waals surface area contributed by atoms with Crippen molar-refractivity contribution in [1.29, 1.82) is 0 Å². The van der Waals surface area contributed by atoms with Gasteiger partial charge in [-0.05, 0) is 44.2 Å². The predicted octanol–water partition coefficient (Wildman–Crippen LogP) is 3.02. The first kappa shape index (κ1) is 29.3. The number of aliphatic hydroxyl groups excluding tert-OH is 1. The van der Waals surface area contributed by atoms with Gasteiger partial charge in [0.15, 0.2) is 0 Å². The van der Waals surface area contributed by atoms with E-state index in [1.165, 1.54) is 0 Å². The summed E-state index contributed by atoms with van der Waals surface area (Å²) in [6.45, 7) is 13.7. The van der Waals surface area contributed by atoms with Gasteiger partial charge in [0.1, 0.15) is 18.2 Å². The van der Waals surface area contributed by atoms with Gasteiger partial charge in [-0.15, -0.1) is 30.0 Å². The van der Waals surface area contributed by atoms with Crippen LogP contribution in [0.15, 0.2) is 49.6 Å². The smallest absolute Gasteiger partial charge is 0.311 e. The predicted molar refractivity (Wildman–Crippen MR) is 156 cm³/mol. The lowest BCUT2D eigenvalue weighted by Crippen LogP contribution is -2.58. The second-order valence-corrected chi connectivity index (χ2v) is 13.7. The number of likely N-dealkylation sites (tertiary alicyclic amines) is 1. The molecule has 3 aliphatic rings. The molecule has 2 amide bonds. The summed E-state index contributed by atoms with van der Waals surface area (Å²) in [6.07, 6.45) is 5.15. The molecule has 1 N–H and O–H groups in total. The molecular weight excluding hydrogens is 542 g/mol. The Morgan fingerprint density at radius 1 is 1.27 bits per heavy atom. The van der Waals surface area contributed by atoms with Gasteiger partial charge in [-0.3, -0.25) is 14.4 Å². The van der Waals surface area contributed by atoms with Crippen molar-refractivity contribution in [3.05, 3.63) is 49.6 Å². The van der Waals surface area contributed by atoms with Crippen LogP contribution >= 0.6 is 11.8 Å². The third-order valence-corrected chi connectivity index (χ3v) is 11.0. The SMILES string of the molecule is C=CCCOC(=O)[C@H]1[C@H]2C(=O)N([C@@H](CO)C(C)C)C(C(=O)N(CC=C)Cn3nnc4ccccc43)C23CC[C@]1(C)S3. The summed E-state index contributed by atoms with van der Waals surface area (Å²) < 4.78 is 5.94. The summed E-state index contributed by atoms with van der Waals surface area (Å²) in [7, 11) is 0. The quantitative estimate of drug-likeness (QED) is 0.231. The first-order valence-corrected chi connectivity index (χ1v) is 15.0. The van der Waals surface area contributed by atoms with E-state index < -0.39 is 39.4 Å². The van der Waals surface area contributed by atoms with Crippen LogP contribution in [0.2, 0.25) is 0 Å². The Balaban J connectivity index is 1.56. The maximum absolute atomic E-state index is 14.7. The lowest BCUT2D eigenvalue weighted by Gasteiger charge is -2.40. The lowest BCUT2D eigenvalue weighted by atomic mass is 9.66. The largest absolute Gasteiger partial charge is 0.465 e. The second-order valence-electron chi connectivity index (χ2n) is 11.8. The molecular formula is C30H39N5O5S. The number of rotatable bonds is 12. The number of para-hydroxylation sites is 1. The zero-order valence-electron chi connectivity index (χ0n) is 23.9. The summed E-state index contributed by atoms with van der Waals surface area (Å²) in [4.78, 5) is 45.9. The number of amides is 2. The molecule has 3 fully saturated rings. The highest BCUT2D eigenvalue weighted by Crippen LogP contribution is 2.72. The molecule has 6 atom stereocenters. The van der Waals surface area contributed by atoms with Crippen LogP contribution in [0, 0.1) is 17.8 Å². The maximum atomic E-state index is 14.7. The average Bonchev–Trinajstić information content (AvgIpc) is 3.64. The fourth-order valence-corrected chi connectivity index (χ4v) is 9.37. The van der Waals surface area contributed by atoms with E-state index in [-0.39, 0.29) is 44.2 Å². The minimum Gasteiger partial charge on any atom is -0.465 e. The number of ether oxygens (including phenoxy) is 1. The molecule has 4 heterocycles. The highest BCUT2D eigenvalue weighted by Gasteiger charge is 2.78. The number of hydrogen-bond acceptors (Lipinski definition) is 8. The molecule has 10 nitrogen and oxygen atoms in total. The molecule has 0 radical (unpaired) electrons. The Labute approximate surface area is 244 Å². The van der Waals surface area contributed by atoms with Gasteiger partial charge >= 0.3 is 5.97 Å². The summed E-state index contributed by atoms with van der Waals surface area (Å²) in [5, 5.41) is 19.0. The van der Waals surface area contributed by atoms with Gasteiger partial charge in [0.2, 0.25) is 11.8 Å². The Kier molecular flexibility index (Phi) is 8.04. The molecule has 2 unspecified atom stereocenters. The number of thioether (sulfide) groups is 1. The average molecular weight is 582 g/mol. The Bertz CT molecular complexity index is 1360. The third kappa shape index (κ3) is 4.67. The van der Waals surface area contributed by atoms with Crippen molar-refractivity contribution in [1.82, 2.24) is 24.8 Å². The number of benzene rings is 1. The molecule has 3 saturated heterocycles. The number of hydrogen-bond donors (Lipinski definition) is 1. The van der Waals surface area contributed by atoms with E-state index in [0.29, 0.717) is 24.8 Å². The number of esters is 1.